The van der Waals surface area contributed by atoms with E-state index in [9.17, 15) is 14.9 Å². The quantitative estimate of drug-likeness (QED) is 0.572. The number of amides is 1. The van der Waals surface area contributed by atoms with Gasteiger partial charge in [0, 0.05) is 35.7 Å². The Hall–Kier alpha value is -3.22. The van der Waals surface area contributed by atoms with Crippen LogP contribution in [0.1, 0.15) is 6.92 Å². The summed E-state index contributed by atoms with van der Waals surface area (Å²) in [5, 5.41) is 21.3. The number of anilines is 1. The summed E-state index contributed by atoms with van der Waals surface area (Å²) in [6.45, 7) is 1.44. The number of carbonyl (C=O) groups excluding carboxylic acids is 1. The molecule has 0 spiro atoms. The van der Waals surface area contributed by atoms with Crippen molar-refractivity contribution in [3.63, 3.8) is 0 Å². The number of hydrogen-bond donors (Lipinski definition) is 2. The van der Waals surface area contributed by atoms with E-state index in [1.807, 2.05) is 12.1 Å². The van der Waals surface area contributed by atoms with E-state index in [0.29, 0.717) is 16.9 Å². The lowest BCUT2D eigenvalue weighted by molar-refractivity contribution is -0.384. The number of rotatable bonds is 3. The molecule has 2 N–H and O–H groups in total. The maximum Gasteiger partial charge on any atom is 0.271 e. The summed E-state index contributed by atoms with van der Waals surface area (Å²) in [4.78, 5) is 21.5. The topological polar surface area (TPSA) is 101 Å². The molecule has 7 nitrogen and oxygen atoms in total. The smallest absolute Gasteiger partial charge is 0.271 e. The number of hydrogen-bond acceptors (Lipinski definition) is 4. The van der Waals surface area contributed by atoms with Gasteiger partial charge in [-0.2, -0.15) is 5.10 Å². The fraction of sp³-hybridized carbons (Fsp3) is 0.0667. The van der Waals surface area contributed by atoms with E-state index in [2.05, 4.69) is 15.5 Å². The molecule has 0 saturated carbocycles. The molecular formula is C15H12N4O3. The number of carbonyl (C=O) groups is 1. The third kappa shape index (κ3) is 2.51. The zero-order valence-electron chi connectivity index (χ0n) is 11.7. The lowest BCUT2D eigenvalue weighted by Crippen LogP contribution is -2.05. The molecule has 0 unspecified atom stereocenters. The molecule has 0 aliphatic rings. The maximum atomic E-state index is 11.1. The molecule has 0 aliphatic carbocycles. The number of aromatic amines is 1. The molecule has 7 heteroatoms. The van der Waals surface area contributed by atoms with E-state index in [1.54, 1.807) is 18.2 Å². The Morgan fingerprint density at radius 2 is 2.09 bits per heavy atom. The first-order chi connectivity index (χ1) is 10.5. The molecule has 22 heavy (non-hydrogen) atoms. The van der Waals surface area contributed by atoms with Crippen molar-refractivity contribution in [1.29, 1.82) is 0 Å². The maximum absolute atomic E-state index is 11.1. The average Bonchev–Trinajstić information content (AvgIpc) is 2.89. The molecule has 1 amide bonds. The molecular weight excluding hydrogens is 284 g/mol. The molecule has 0 saturated heterocycles. The Morgan fingerprint density at radius 3 is 2.82 bits per heavy atom. The van der Waals surface area contributed by atoms with Crippen LogP contribution in [0, 0.1) is 10.1 Å². The van der Waals surface area contributed by atoms with E-state index in [1.165, 1.54) is 19.1 Å². The molecule has 1 aromatic heterocycles. The van der Waals surface area contributed by atoms with Crippen LogP contribution >= 0.6 is 0 Å². The van der Waals surface area contributed by atoms with Crippen molar-refractivity contribution in [3.05, 3.63) is 52.6 Å². The van der Waals surface area contributed by atoms with Crippen LogP contribution in [0.15, 0.2) is 42.5 Å². The predicted octanol–water partition coefficient (Wildman–Crippen LogP) is 3.10. The molecule has 0 bridgehead atoms. The Bertz CT molecular complexity index is 885. The molecule has 0 fully saturated rings. The fourth-order valence-electron chi connectivity index (χ4n) is 2.29. The van der Waals surface area contributed by atoms with Crippen molar-refractivity contribution in [3.8, 4) is 11.3 Å². The molecule has 110 valence electrons. The summed E-state index contributed by atoms with van der Waals surface area (Å²) in [7, 11) is 0. The first kappa shape index (κ1) is 13.7. The number of non-ortho nitro benzene ring substituents is 1. The highest BCUT2D eigenvalue weighted by molar-refractivity contribution is 5.95. The van der Waals surface area contributed by atoms with Crippen molar-refractivity contribution >= 4 is 28.2 Å². The van der Waals surface area contributed by atoms with E-state index in [-0.39, 0.29) is 11.6 Å². The molecule has 1 heterocycles. The van der Waals surface area contributed by atoms with Crippen molar-refractivity contribution in [1.82, 2.24) is 10.2 Å². The third-order valence-electron chi connectivity index (χ3n) is 3.21. The highest BCUT2D eigenvalue weighted by atomic mass is 16.6. The van der Waals surface area contributed by atoms with Gasteiger partial charge in [0.05, 0.1) is 16.1 Å². The second-order valence-electron chi connectivity index (χ2n) is 4.82. The van der Waals surface area contributed by atoms with Gasteiger partial charge in [-0.3, -0.25) is 20.0 Å². The normalized spacial score (nSPS) is 10.6. The summed E-state index contributed by atoms with van der Waals surface area (Å²) in [6, 6.07) is 11.8. The first-order valence-electron chi connectivity index (χ1n) is 6.55. The summed E-state index contributed by atoms with van der Waals surface area (Å²) in [6.07, 6.45) is 0. The minimum absolute atomic E-state index is 0.00898. The number of nitro groups is 1. The molecule has 0 radical (unpaired) electrons. The van der Waals surface area contributed by atoms with Gasteiger partial charge in [-0.15, -0.1) is 0 Å². The van der Waals surface area contributed by atoms with Gasteiger partial charge in [-0.25, -0.2) is 0 Å². The van der Waals surface area contributed by atoms with Crippen LogP contribution in [0.2, 0.25) is 0 Å². The second kappa shape index (κ2) is 5.28. The summed E-state index contributed by atoms with van der Waals surface area (Å²) in [5.74, 6) is -0.153. The minimum Gasteiger partial charge on any atom is -0.326 e. The van der Waals surface area contributed by atoms with E-state index < -0.39 is 4.92 Å². The van der Waals surface area contributed by atoms with Gasteiger partial charge >= 0.3 is 0 Å². The number of nitrogens with zero attached hydrogens (tertiary/aromatic N) is 2. The second-order valence-corrected chi connectivity index (χ2v) is 4.82. The van der Waals surface area contributed by atoms with Gasteiger partial charge in [-0.1, -0.05) is 12.1 Å². The van der Waals surface area contributed by atoms with Crippen LogP contribution in [0.25, 0.3) is 22.2 Å². The molecule has 0 atom stereocenters. The van der Waals surface area contributed by atoms with Gasteiger partial charge in [0.2, 0.25) is 5.91 Å². The van der Waals surface area contributed by atoms with Gasteiger partial charge in [0.1, 0.15) is 0 Å². The van der Waals surface area contributed by atoms with E-state index in [0.717, 1.165) is 10.9 Å². The zero-order chi connectivity index (χ0) is 15.7. The van der Waals surface area contributed by atoms with Crippen LogP contribution in [-0.4, -0.2) is 21.0 Å². The number of benzene rings is 2. The van der Waals surface area contributed by atoms with Crippen molar-refractivity contribution in [2.45, 2.75) is 6.92 Å². The van der Waals surface area contributed by atoms with Crippen LogP contribution in [0.5, 0.6) is 0 Å². The highest BCUT2D eigenvalue weighted by Gasteiger charge is 2.13. The Balaban J connectivity index is 2.07. The lowest BCUT2D eigenvalue weighted by Gasteiger charge is -2.04. The van der Waals surface area contributed by atoms with Gasteiger partial charge in [0.25, 0.3) is 5.69 Å². The zero-order valence-corrected chi connectivity index (χ0v) is 11.7. The van der Waals surface area contributed by atoms with Crippen molar-refractivity contribution in [2.24, 2.45) is 0 Å². The standard InChI is InChI=1S/C15H12N4O3/c1-9(20)16-11-4-2-3-10(7-11)15-13-6-5-12(19(21)22)8-14(13)17-18-15/h2-8H,1H3,(H,16,20)(H,17,18). The van der Waals surface area contributed by atoms with Crippen LogP contribution in [-0.2, 0) is 4.79 Å². The molecule has 2 aromatic carbocycles. The van der Waals surface area contributed by atoms with Gasteiger partial charge < -0.3 is 5.32 Å². The van der Waals surface area contributed by atoms with Crippen LogP contribution in [0.4, 0.5) is 11.4 Å². The number of nitrogens with one attached hydrogen (secondary N) is 2. The summed E-state index contributed by atoms with van der Waals surface area (Å²) < 4.78 is 0. The Kier molecular flexibility index (Phi) is 3.30. The summed E-state index contributed by atoms with van der Waals surface area (Å²) in [5.41, 5.74) is 2.76. The number of H-pyrrole nitrogens is 1. The molecule has 3 aromatic rings. The monoisotopic (exact) mass is 296 g/mol. The number of nitro benzene ring substituents is 1. The van der Waals surface area contributed by atoms with Crippen LogP contribution < -0.4 is 5.32 Å². The van der Waals surface area contributed by atoms with Crippen molar-refractivity contribution in [2.75, 3.05) is 5.32 Å². The largest absolute Gasteiger partial charge is 0.326 e. The predicted molar refractivity (Wildman–Crippen MR) is 82.5 cm³/mol. The minimum atomic E-state index is -0.447. The lowest BCUT2D eigenvalue weighted by atomic mass is 10.1. The van der Waals surface area contributed by atoms with Crippen molar-refractivity contribution < 1.29 is 9.72 Å². The Labute approximate surface area is 125 Å². The fourth-order valence-corrected chi connectivity index (χ4v) is 2.29. The first-order valence-corrected chi connectivity index (χ1v) is 6.55. The molecule has 0 aliphatic heterocycles. The van der Waals surface area contributed by atoms with E-state index >= 15 is 0 Å². The van der Waals surface area contributed by atoms with Crippen LogP contribution in [0.3, 0.4) is 0 Å². The van der Waals surface area contributed by atoms with Gasteiger partial charge in [0.15, 0.2) is 0 Å². The molecule has 3 rings (SSSR count). The van der Waals surface area contributed by atoms with E-state index in [4.69, 9.17) is 0 Å². The summed E-state index contributed by atoms with van der Waals surface area (Å²) >= 11 is 0. The Morgan fingerprint density at radius 1 is 1.27 bits per heavy atom. The third-order valence-corrected chi connectivity index (χ3v) is 3.21. The SMILES string of the molecule is CC(=O)Nc1cccc(-c2n[nH]c3cc([N+](=O)[O-])ccc23)c1. The number of fused-ring (bicyclic) bond motifs is 1. The average molecular weight is 296 g/mol. The number of aromatic nitrogens is 2. The van der Waals surface area contributed by atoms with Gasteiger partial charge in [-0.05, 0) is 18.2 Å². The highest BCUT2D eigenvalue weighted by Crippen LogP contribution is 2.29.